The number of fused-ring (bicyclic) bond motifs is 1. The van der Waals surface area contributed by atoms with Crippen molar-refractivity contribution in [3.05, 3.63) is 29.5 Å². The lowest BCUT2D eigenvalue weighted by atomic mass is 10.3. The number of nitrogens with zero attached hydrogens (tertiary/aromatic N) is 6. The van der Waals surface area contributed by atoms with Crippen LogP contribution in [-0.2, 0) is 24.4 Å². The number of nitrogens with one attached hydrogen (secondary N) is 1. The van der Waals surface area contributed by atoms with Crippen molar-refractivity contribution in [2.24, 2.45) is 0 Å². The third kappa shape index (κ3) is 3.70. The van der Waals surface area contributed by atoms with Crippen LogP contribution in [0.5, 0.6) is 0 Å². The molecular weight excluding hydrogens is 325 g/mol. The molecule has 0 fully saturated rings. The summed E-state index contributed by atoms with van der Waals surface area (Å²) < 4.78 is 15.7. The van der Waals surface area contributed by atoms with Gasteiger partial charge in [0.25, 0.3) is 0 Å². The summed E-state index contributed by atoms with van der Waals surface area (Å²) in [5.74, 6) is 0.332. The molecule has 1 amide bonds. The maximum Gasteiger partial charge on any atom is 0.227 e. The number of rotatable bonds is 5. The average Bonchev–Trinajstić information content (AvgIpc) is 3.01. The van der Waals surface area contributed by atoms with Crippen molar-refractivity contribution >= 4 is 17.7 Å². The Kier molecular flexibility index (Phi) is 4.82. The van der Waals surface area contributed by atoms with Gasteiger partial charge in [-0.25, -0.2) is 9.37 Å². The fourth-order valence-electron chi connectivity index (χ4n) is 2.71. The van der Waals surface area contributed by atoms with Crippen LogP contribution in [0.25, 0.3) is 0 Å². The van der Waals surface area contributed by atoms with E-state index in [2.05, 4.69) is 20.4 Å². The SMILES string of the molecule is CCC(=O)NCc1cc2n(n1)CCN(c1ncc(F)c(N(C)C)n1)C2. The van der Waals surface area contributed by atoms with Gasteiger partial charge in [0.05, 0.1) is 37.2 Å². The van der Waals surface area contributed by atoms with Crippen molar-refractivity contribution in [2.45, 2.75) is 33.0 Å². The maximum absolute atomic E-state index is 13.8. The van der Waals surface area contributed by atoms with Gasteiger partial charge in [-0.15, -0.1) is 0 Å². The van der Waals surface area contributed by atoms with Gasteiger partial charge in [0.2, 0.25) is 11.9 Å². The number of anilines is 2. The molecule has 0 unspecified atom stereocenters. The largest absolute Gasteiger partial charge is 0.360 e. The molecule has 0 radical (unpaired) electrons. The number of amides is 1. The zero-order chi connectivity index (χ0) is 18.0. The van der Waals surface area contributed by atoms with Crippen molar-refractivity contribution in [3.63, 3.8) is 0 Å². The van der Waals surface area contributed by atoms with Gasteiger partial charge in [-0.2, -0.15) is 10.1 Å². The van der Waals surface area contributed by atoms with E-state index in [0.717, 1.165) is 11.4 Å². The molecule has 3 heterocycles. The predicted octanol–water partition coefficient (Wildman–Crippen LogP) is 0.925. The quantitative estimate of drug-likeness (QED) is 0.867. The molecule has 0 aliphatic carbocycles. The first kappa shape index (κ1) is 17.1. The van der Waals surface area contributed by atoms with Crippen LogP contribution in [0.3, 0.4) is 0 Å². The molecule has 8 nitrogen and oxygen atoms in total. The van der Waals surface area contributed by atoms with Gasteiger partial charge in [-0.1, -0.05) is 6.92 Å². The van der Waals surface area contributed by atoms with E-state index in [1.807, 2.05) is 22.6 Å². The van der Waals surface area contributed by atoms with Gasteiger partial charge in [-0.05, 0) is 6.07 Å². The summed E-state index contributed by atoms with van der Waals surface area (Å²) in [6, 6.07) is 1.97. The van der Waals surface area contributed by atoms with Gasteiger partial charge in [0.1, 0.15) is 0 Å². The molecule has 1 aliphatic heterocycles. The summed E-state index contributed by atoms with van der Waals surface area (Å²) in [7, 11) is 3.49. The van der Waals surface area contributed by atoms with E-state index in [-0.39, 0.29) is 11.7 Å². The van der Waals surface area contributed by atoms with E-state index in [4.69, 9.17) is 0 Å². The molecule has 2 aromatic heterocycles. The summed E-state index contributed by atoms with van der Waals surface area (Å²) in [4.78, 5) is 23.4. The van der Waals surface area contributed by atoms with Crippen LogP contribution in [0.15, 0.2) is 12.3 Å². The highest BCUT2D eigenvalue weighted by Crippen LogP contribution is 2.21. The van der Waals surface area contributed by atoms with Crippen LogP contribution in [0, 0.1) is 5.82 Å². The molecule has 0 spiro atoms. The Morgan fingerprint density at radius 3 is 2.92 bits per heavy atom. The van der Waals surface area contributed by atoms with Gasteiger partial charge in [0, 0.05) is 27.1 Å². The number of carbonyl (C=O) groups excluding carboxylic acids is 1. The van der Waals surface area contributed by atoms with Crippen molar-refractivity contribution in [3.8, 4) is 0 Å². The first-order chi connectivity index (χ1) is 12.0. The molecule has 1 N–H and O–H groups in total. The predicted molar refractivity (Wildman–Crippen MR) is 91.7 cm³/mol. The number of hydrogen-bond donors (Lipinski definition) is 1. The zero-order valence-electron chi connectivity index (χ0n) is 14.7. The van der Waals surface area contributed by atoms with Crippen LogP contribution < -0.4 is 15.1 Å². The molecule has 0 aromatic carbocycles. The normalized spacial score (nSPS) is 13.5. The Labute approximate surface area is 145 Å². The molecule has 2 aromatic rings. The lowest BCUT2D eigenvalue weighted by Gasteiger charge is -2.28. The minimum absolute atomic E-state index is 0.00326. The fourth-order valence-corrected chi connectivity index (χ4v) is 2.71. The molecule has 0 saturated carbocycles. The maximum atomic E-state index is 13.8. The minimum atomic E-state index is -0.440. The lowest BCUT2D eigenvalue weighted by molar-refractivity contribution is -0.120. The Morgan fingerprint density at radius 1 is 1.40 bits per heavy atom. The number of carbonyl (C=O) groups is 1. The third-order valence-electron chi connectivity index (χ3n) is 4.06. The Morgan fingerprint density at radius 2 is 2.20 bits per heavy atom. The lowest BCUT2D eigenvalue weighted by Crippen LogP contribution is -2.35. The molecular formula is C16H22FN7O. The highest BCUT2D eigenvalue weighted by atomic mass is 19.1. The molecule has 9 heteroatoms. The van der Waals surface area contributed by atoms with Crippen LogP contribution >= 0.6 is 0 Å². The van der Waals surface area contributed by atoms with Gasteiger partial charge < -0.3 is 15.1 Å². The highest BCUT2D eigenvalue weighted by molar-refractivity contribution is 5.75. The molecule has 0 saturated heterocycles. The smallest absolute Gasteiger partial charge is 0.227 e. The Hall–Kier alpha value is -2.71. The van der Waals surface area contributed by atoms with E-state index < -0.39 is 5.82 Å². The monoisotopic (exact) mass is 347 g/mol. The summed E-state index contributed by atoms with van der Waals surface area (Å²) in [5, 5.41) is 7.34. The van der Waals surface area contributed by atoms with Gasteiger partial charge in [-0.3, -0.25) is 9.48 Å². The van der Waals surface area contributed by atoms with Gasteiger partial charge >= 0.3 is 0 Å². The Balaban J connectivity index is 1.74. The standard InChI is InChI=1S/C16H22FN7O/c1-4-14(25)18-8-11-7-12-10-23(5-6-24(12)21-11)16-19-9-13(17)15(20-16)22(2)3/h7,9H,4-6,8,10H2,1-3H3,(H,18,25). The van der Waals surface area contributed by atoms with Crippen molar-refractivity contribution < 1.29 is 9.18 Å². The molecule has 134 valence electrons. The molecule has 0 atom stereocenters. The first-order valence-electron chi connectivity index (χ1n) is 8.25. The second kappa shape index (κ2) is 7.04. The third-order valence-corrected chi connectivity index (χ3v) is 4.06. The number of aromatic nitrogens is 4. The summed E-state index contributed by atoms with van der Waals surface area (Å²) in [5.41, 5.74) is 1.85. The summed E-state index contributed by atoms with van der Waals surface area (Å²) in [6.45, 7) is 4.21. The first-order valence-corrected chi connectivity index (χ1v) is 8.25. The molecule has 0 bridgehead atoms. The fraction of sp³-hybridized carbons (Fsp3) is 0.500. The minimum Gasteiger partial charge on any atom is -0.360 e. The van der Waals surface area contributed by atoms with Crippen molar-refractivity contribution in [2.75, 3.05) is 30.4 Å². The highest BCUT2D eigenvalue weighted by Gasteiger charge is 2.22. The summed E-state index contributed by atoms with van der Waals surface area (Å²) >= 11 is 0. The van der Waals surface area contributed by atoms with Crippen LogP contribution in [0.1, 0.15) is 24.7 Å². The van der Waals surface area contributed by atoms with Gasteiger partial charge in [0.15, 0.2) is 11.6 Å². The Bertz CT molecular complexity index is 774. The molecule has 25 heavy (non-hydrogen) atoms. The number of halogens is 1. The van der Waals surface area contributed by atoms with Crippen LogP contribution in [0.4, 0.5) is 16.2 Å². The second-order valence-corrected chi connectivity index (χ2v) is 6.14. The molecule has 3 rings (SSSR count). The van der Waals surface area contributed by atoms with Crippen LogP contribution in [0.2, 0.25) is 0 Å². The van der Waals surface area contributed by atoms with Crippen molar-refractivity contribution in [1.29, 1.82) is 0 Å². The van der Waals surface area contributed by atoms with E-state index in [1.165, 1.54) is 6.20 Å². The van der Waals surface area contributed by atoms with E-state index in [1.54, 1.807) is 19.0 Å². The van der Waals surface area contributed by atoms with Crippen molar-refractivity contribution in [1.82, 2.24) is 25.1 Å². The van der Waals surface area contributed by atoms with E-state index in [0.29, 0.717) is 38.5 Å². The summed E-state index contributed by atoms with van der Waals surface area (Å²) in [6.07, 6.45) is 1.66. The zero-order valence-corrected chi connectivity index (χ0v) is 14.7. The topological polar surface area (TPSA) is 79.2 Å². The van der Waals surface area contributed by atoms with E-state index in [9.17, 15) is 9.18 Å². The number of hydrogen-bond acceptors (Lipinski definition) is 6. The average molecular weight is 347 g/mol. The second-order valence-electron chi connectivity index (χ2n) is 6.14. The van der Waals surface area contributed by atoms with Crippen LogP contribution in [-0.4, -0.2) is 46.3 Å². The molecule has 1 aliphatic rings. The van der Waals surface area contributed by atoms with E-state index >= 15 is 0 Å².